The zero-order chi connectivity index (χ0) is 10.3. The van der Waals surface area contributed by atoms with Gasteiger partial charge < -0.3 is 0 Å². The fourth-order valence-electron chi connectivity index (χ4n) is 1.40. The third-order valence-corrected chi connectivity index (χ3v) is 2.18. The lowest BCUT2D eigenvalue weighted by Crippen LogP contribution is -1.75. The number of rotatable bonds is 3. The van der Waals surface area contributed by atoms with Gasteiger partial charge in [0.1, 0.15) is 0 Å². The topological polar surface area (TPSA) is 0 Å². The quantitative estimate of drug-likeness (QED) is 0.692. The molecule has 0 saturated carbocycles. The average molecular weight is 193 g/mol. The second kappa shape index (κ2) is 5.16. The largest absolute Gasteiger partial charge is 0.0755 e. The van der Waals surface area contributed by atoms with Crippen molar-refractivity contribution in [2.45, 2.75) is 0 Å². The molecule has 0 spiro atoms. The van der Waals surface area contributed by atoms with Crippen molar-refractivity contribution in [2.24, 2.45) is 0 Å². The van der Waals surface area contributed by atoms with Crippen molar-refractivity contribution in [1.82, 2.24) is 0 Å². The third kappa shape index (κ3) is 3.10. The third-order valence-electron chi connectivity index (χ3n) is 2.18. The second-order valence-corrected chi connectivity index (χ2v) is 3.35. The van der Waals surface area contributed by atoms with Crippen LogP contribution in [-0.2, 0) is 0 Å². The zero-order valence-corrected chi connectivity index (χ0v) is 8.51. The summed E-state index contributed by atoms with van der Waals surface area (Å²) >= 11 is 0. The fraction of sp³-hybridized carbons (Fsp3) is 0. The van der Waals surface area contributed by atoms with Gasteiger partial charge in [-0.25, -0.2) is 0 Å². The van der Waals surface area contributed by atoms with Crippen molar-refractivity contribution in [1.29, 1.82) is 0 Å². The average Bonchev–Trinajstić information content (AvgIpc) is 2.32. The molecule has 0 heteroatoms. The highest BCUT2D eigenvalue weighted by Gasteiger charge is 1.87. The van der Waals surface area contributed by atoms with E-state index in [9.17, 15) is 0 Å². The van der Waals surface area contributed by atoms with Gasteiger partial charge in [-0.1, -0.05) is 72.8 Å². The molecule has 73 valence electrons. The van der Waals surface area contributed by atoms with Gasteiger partial charge in [0.25, 0.3) is 0 Å². The van der Waals surface area contributed by atoms with Crippen molar-refractivity contribution in [3.63, 3.8) is 0 Å². The van der Waals surface area contributed by atoms with Gasteiger partial charge in [0.05, 0.1) is 0 Å². The molecular weight excluding hydrogens is 180 g/mol. The van der Waals surface area contributed by atoms with Gasteiger partial charge in [0.15, 0.2) is 0 Å². The first kappa shape index (κ1) is 9.72. The Labute approximate surface area is 90.9 Å². The van der Waals surface area contributed by atoms with E-state index < -0.39 is 0 Å². The first-order chi connectivity index (χ1) is 7.45. The lowest BCUT2D eigenvalue weighted by molar-refractivity contribution is 1.53. The number of hydrogen-bond donors (Lipinski definition) is 0. The Morgan fingerprint density at radius 2 is 1.13 bits per heavy atom. The van der Waals surface area contributed by atoms with Gasteiger partial charge in [0, 0.05) is 6.42 Å². The van der Waals surface area contributed by atoms with Crippen molar-refractivity contribution in [3.8, 4) is 0 Å². The predicted octanol–water partition coefficient (Wildman–Crippen LogP) is 3.95. The molecule has 0 amide bonds. The van der Waals surface area contributed by atoms with Crippen LogP contribution in [0.5, 0.6) is 0 Å². The zero-order valence-electron chi connectivity index (χ0n) is 8.51. The van der Waals surface area contributed by atoms with E-state index in [1.54, 1.807) is 0 Å². The number of benzene rings is 2. The van der Waals surface area contributed by atoms with Gasteiger partial charge >= 0.3 is 0 Å². The lowest BCUT2D eigenvalue weighted by atomic mass is 10.1. The smallest absolute Gasteiger partial charge is 0.0125 e. The maximum atomic E-state index is 2.10. The van der Waals surface area contributed by atoms with E-state index in [0.29, 0.717) is 0 Å². The summed E-state index contributed by atoms with van der Waals surface area (Å²) < 4.78 is 0. The van der Waals surface area contributed by atoms with Crippen LogP contribution < -0.4 is 0 Å². The summed E-state index contributed by atoms with van der Waals surface area (Å²) in [4.78, 5) is 0. The summed E-state index contributed by atoms with van der Waals surface area (Å²) in [5, 5.41) is 0. The fourth-order valence-corrected chi connectivity index (χ4v) is 1.40. The molecule has 1 radical (unpaired) electrons. The molecule has 0 nitrogen and oxygen atoms in total. The Morgan fingerprint density at radius 3 is 1.73 bits per heavy atom. The molecule has 2 aromatic carbocycles. The van der Waals surface area contributed by atoms with Crippen LogP contribution in [-0.4, -0.2) is 0 Å². The first-order valence-corrected chi connectivity index (χ1v) is 5.07. The first-order valence-electron chi connectivity index (χ1n) is 5.07. The highest BCUT2D eigenvalue weighted by atomic mass is 13.9. The van der Waals surface area contributed by atoms with E-state index in [4.69, 9.17) is 0 Å². The van der Waals surface area contributed by atoms with Gasteiger partial charge in [-0.2, -0.15) is 0 Å². The summed E-state index contributed by atoms with van der Waals surface area (Å²) in [6.45, 7) is 0. The van der Waals surface area contributed by atoms with Crippen molar-refractivity contribution >= 4 is 6.08 Å². The Morgan fingerprint density at radius 1 is 0.600 bits per heavy atom. The SMILES string of the molecule is [CH](/C=C/c1ccccc1)c1ccccc1. The Kier molecular flexibility index (Phi) is 3.34. The molecule has 0 aliphatic rings. The van der Waals surface area contributed by atoms with E-state index in [2.05, 4.69) is 42.8 Å². The molecule has 15 heavy (non-hydrogen) atoms. The van der Waals surface area contributed by atoms with E-state index in [0.717, 1.165) is 0 Å². The summed E-state index contributed by atoms with van der Waals surface area (Å²) in [6.07, 6.45) is 6.28. The number of allylic oxidation sites excluding steroid dienone is 1. The standard InChI is InChI=1S/C15H13/c1-3-8-14(9-4-1)12-7-13-15-10-5-2-6-11-15/h1-13H/b12-7+. The van der Waals surface area contributed by atoms with Crippen LogP contribution in [0.4, 0.5) is 0 Å². The predicted molar refractivity (Wildman–Crippen MR) is 65.3 cm³/mol. The second-order valence-electron chi connectivity index (χ2n) is 3.35. The van der Waals surface area contributed by atoms with Crippen LogP contribution in [0.15, 0.2) is 66.7 Å². The molecule has 2 aromatic rings. The minimum absolute atomic E-state index is 1.23. The summed E-state index contributed by atoms with van der Waals surface area (Å²) in [7, 11) is 0. The maximum Gasteiger partial charge on any atom is 0.0125 e. The van der Waals surface area contributed by atoms with Crippen LogP contribution in [0.3, 0.4) is 0 Å². The number of hydrogen-bond acceptors (Lipinski definition) is 0. The summed E-state index contributed by atoms with van der Waals surface area (Å²) in [5.41, 5.74) is 2.45. The molecule has 0 saturated heterocycles. The summed E-state index contributed by atoms with van der Waals surface area (Å²) in [5.74, 6) is 0. The van der Waals surface area contributed by atoms with Crippen molar-refractivity contribution in [3.05, 3.63) is 84.3 Å². The van der Waals surface area contributed by atoms with E-state index in [1.165, 1.54) is 11.1 Å². The molecule has 0 aromatic heterocycles. The van der Waals surface area contributed by atoms with E-state index >= 15 is 0 Å². The minimum Gasteiger partial charge on any atom is -0.0755 e. The van der Waals surface area contributed by atoms with Crippen LogP contribution in [0, 0.1) is 6.42 Å². The highest BCUT2D eigenvalue weighted by molar-refractivity contribution is 5.51. The molecule has 0 bridgehead atoms. The Hall–Kier alpha value is -1.82. The molecule has 0 atom stereocenters. The Balaban J connectivity index is 1.97. The Bertz CT molecular complexity index is 412. The van der Waals surface area contributed by atoms with Gasteiger partial charge in [-0.05, 0) is 11.1 Å². The molecule has 0 N–H and O–H groups in total. The lowest BCUT2D eigenvalue weighted by Gasteiger charge is -1.94. The van der Waals surface area contributed by atoms with Crippen LogP contribution in [0.25, 0.3) is 6.08 Å². The maximum absolute atomic E-state index is 2.10. The summed E-state index contributed by atoms with van der Waals surface area (Å²) in [6, 6.07) is 20.6. The van der Waals surface area contributed by atoms with Gasteiger partial charge in [-0.15, -0.1) is 0 Å². The molecule has 0 aliphatic heterocycles. The van der Waals surface area contributed by atoms with E-state index in [-0.39, 0.29) is 0 Å². The molecule has 0 heterocycles. The minimum atomic E-state index is 1.23. The normalized spacial score (nSPS) is 10.7. The molecule has 0 fully saturated rings. The van der Waals surface area contributed by atoms with Crippen molar-refractivity contribution in [2.75, 3.05) is 0 Å². The van der Waals surface area contributed by atoms with Crippen LogP contribution >= 0.6 is 0 Å². The highest BCUT2D eigenvalue weighted by Crippen LogP contribution is 2.06. The van der Waals surface area contributed by atoms with Gasteiger partial charge in [0.2, 0.25) is 0 Å². The van der Waals surface area contributed by atoms with Crippen LogP contribution in [0.1, 0.15) is 11.1 Å². The van der Waals surface area contributed by atoms with Gasteiger partial charge in [-0.3, -0.25) is 0 Å². The molecular formula is C15H13. The van der Waals surface area contributed by atoms with Crippen molar-refractivity contribution < 1.29 is 0 Å². The monoisotopic (exact) mass is 193 g/mol. The molecule has 2 rings (SSSR count). The van der Waals surface area contributed by atoms with Crippen LogP contribution in [0.2, 0.25) is 0 Å². The van der Waals surface area contributed by atoms with E-state index in [1.807, 2.05) is 36.4 Å². The molecule has 0 unspecified atom stereocenters. The molecule has 0 aliphatic carbocycles.